The number of hydrogen-bond donors (Lipinski definition) is 0. The number of rotatable bonds is 5. The van der Waals surface area contributed by atoms with Crippen molar-refractivity contribution in [1.82, 2.24) is 0 Å². The van der Waals surface area contributed by atoms with E-state index >= 15 is 0 Å². The molecule has 1 aromatic rings. The molecule has 1 nitrogen and oxygen atoms in total. The average Bonchev–Trinajstić information content (AvgIpc) is 2.29. The molecule has 0 aliphatic heterocycles. The fourth-order valence-corrected chi connectivity index (χ4v) is 1.67. The highest BCUT2D eigenvalue weighted by Gasteiger charge is 2.08. The molecule has 1 heteroatoms. The predicted octanol–water partition coefficient (Wildman–Crippen LogP) is 3.75. The summed E-state index contributed by atoms with van der Waals surface area (Å²) in [6.07, 6.45) is 4.09. The molecule has 0 amide bonds. The summed E-state index contributed by atoms with van der Waals surface area (Å²) in [5, 5.41) is 0. The zero-order valence-corrected chi connectivity index (χ0v) is 9.62. The molecule has 0 saturated heterocycles. The van der Waals surface area contributed by atoms with Gasteiger partial charge in [0.2, 0.25) is 0 Å². The Morgan fingerprint density at radius 3 is 2.73 bits per heavy atom. The molecular weight excluding hydrogens is 184 g/mol. The van der Waals surface area contributed by atoms with E-state index in [1.54, 1.807) is 7.11 Å². The van der Waals surface area contributed by atoms with Crippen LogP contribution in [0.3, 0.4) is 0 Å². The Bertz CT molecular complexity index is 328. The van der Waals surface area contributed by atoms with Crippen LogP contribution in [0.5, 0.6) is 5.75 Å². The summed E-state index contributed by atoms with van der Waals surface area (Å²) in [6, 6.07) is 6.19. The van der Waals surface area contributed by atoms with Crippen LogP contribution in [-0.2, 0) is 6.42 Å². The highest BCUT2D eigenvalue weighted by atomic mass is 16.5. The molecule has 0 aromatic heterocycles. The van der Waals surface area contributed by atoms with Gasteiger partial charge in [-0.3, -0.25) is 0 Å². The Balaban J connectivity index is 3.09. The van der Waals surface area contributed by atoms with E-state index in [4.69, 9.17) is 4.74 Å². The SMILES string of the molecule is [CH2]C(C=C)c1cc(OC)ccc1CCC. The Kier molecular flexibility index (Phi) is 4.41. The van der Waals surface area contributed by atoms with Gasteiger partial charge >= 0.3 is 0 Å². The molecule has 0 aliphatic carbocycles. The van der Waals surface area contributed by atoms with Gasteiger partial charge in [-0.25, -0.2) is 0 Å². The van der Waals surface area contributed by atoms with Crippen LogP contribution in [0.25, 0.3) is 0 Å². The molecule has 0 heterocycles. The predicted molar refractivity (Wildman–Crippen MR) is 65.3 cm³/mol. The van der Waals surface area contributed by atoms with Crippen molar-refractivity contribution in [3.63, 3.8) is 0 Å². The maximum Gasteiger partial charge on any atom is 0.119 e. The van der Waals surface area contributed by atoms with E-state index in [2.05, 4.69) is 32.6 Å². The van der Waals surface area contributed by atoms with Gasteiger partial charge in [-0.05, 0) is 36.6 Å². The van der Waals surface area contributed by atoms with Crippen molar-refractivity contribution in [1.29, 1.82) is 0 Å². The van der Waals surface area contributed by atoms with Crippen molar-refractivity contribution in [3.05, 3.63) is 48.9 Å². The summed E-state index contributed by atoms with van der Waals surface area (Å²) in [5.74, 6) is 1.03. The van der Waals surface area contributed by atoms with Crippen LogP contribution in [0.2, 0.25) is 0 Å². The molecule has 15 heavy (non-hydrogen) atoms. The van der Waals surface area contributed by atoms with Crippen molar-refractivity contribution in [2.24, 2.45) is 0 Å². The largest absolute Gasteiger partial charge is 0.497 e. The van der Waals surface area contributed by atoms with Gasteiger partial charge in [0, 0.05) is 5.92 Å². The molecule has 0 aliphatic rings. The van der Waals surface area contributed by atoms with Crippen LogP contribution in [0.15, 0.2) is 30.9 Å². The summed E-state index contributed by atoms with van der Waals surface area (Å²) in [6.45, 7) is 10.0. The standard InChI is InChI=1S/C14H19O/c1-5-7-12-8-9-13(15-4)10-14(12)11(3)6-2/h6,8-11H,2-3,5,7H2,1,4H3. The van der Waals surface area contributed by atoms with Gasteiger partial charge in [-0.15, -0.1) is 6.58 Å². The molecule has 81 valence electrons. The fourth-order valence-electron chi connectivity index (χ4n) is 1.67. The Morgan fingerprint density at radius 2 is 2.20 bits per heavy atom. The number of allylic oxidation sites excluding steroid dienone is 1. The van der Waals surface area contributed by atoms with E-state index in [0.717, 1.165) is 18.6 Å². The first-order chi connectivity index (χ1) is 7.22. The number of hydrogen-bond acceptors (Lipinski definition) is 1. The van der Waals surface area contributed by atoms with Crippen molar-refractivity contribution in [3.8, 4) is 5.75 Å². The van der Waals surface area contributed by atoms with Crippen molar-refractivity contribution in [2.45, 2.75) is 25.7 Å². The van der Waals surface area contributed by atoms with Gasteiger partial charge < -0.3 is 4.74 Å². The molecule has 1 atom stereocenters. The molecule has 1 radical (unpaired) electrons. The molecule has 1 unspecified atom stereocenters. The van der Waals surface area contributed by atoms with Gasteiger partial charge in [0.05, 0.1) is 7.11 Å². The lowest BCUT2D eigenvalue weighted by Crippen LogP contribution is -1.98. The van der Waals surface area contributed by atoms with E-state index < -0.39 is 0 Å². The second-order valence-corrected chi connectivity index (χ2v) is 3.66. The van der Waals surface area contributed by atoms with Gasteiger partial charge in [0.1, 0.15) is 5.75 Å². The second-order valence-electron chi connectivity index (χ2n) is 3.66. The van der Waals surface area contributed by atoms with Gasteiger partial charge in [-0.2, -0.15) is 0 Å². The summed E-state index contributed by atoms with van der Waals surface area (Å²) in [7, 11) is 1.69. The van der Waals surface area contributed by atoms with E-state index in [-0.39, 0.29) is 5.92 Å². The topological polar surface area (TPSA) is 9.23 Å². The van der Waals surface area contributed by atoms with E-state index in [9.17, 15) is 0 Å². The minimum atomic E-state index is 0.140. The first-order valence-electron chi connectivity index (χ1n) is 5.35. The third-order valence-electron chi connectivity index (χ3n) is 2.56. The first-order valence-corrected chi connectivity index (χ1v) is 5.35. The molecule has 0 N–H and O–H groups in total. The lowest BCUT2D eigenvalue weighted by molar-refractivity contribution is 0.414. The molecule has 0 fully saturated rings. The van der Waals surface area contributed by atoms with Crippen LogP contribution in [0.1, 0.15) is 30.4 Å². The number of benzene rings is 1. The first kappa shape index (κ1) is 11.8. The van der Waals surface area contributed by atoms with Gasteiger partial charge in [0.25, 0.3) is 0 Å². The fraction of sp³-hybridized carbons (Fsp3) is 0.357. The molecule has 1 aromatic carbocycles. The minimum absolute atomic E-state index is 0.140. The molecule has 0 spiro atoms. The number of aryl methyl sites for hydroxylation is 1. The van der Waals surface area contributed by atoms with Crippen LogP contribution in [0.4, 0.5) is 0 Å². The molecule has 0 bridgehead atoms. The summed E-state index contributed by atoms with van der Waals surface area (Å²) >= 11 is 0. The summed E-state index contributed by atoms with van der Waals surface area (Å²) in [4.78, 5) is 0. The molecule has 0 saturated carbocycles. The Hall–Kier alpha value is -1.24. The van der Waals surface area contributed by atoms with Crippen LogP contribution < -0.4 is 4.74 Å². The van der Waals surface area contributed by atoms with Gasteiger partial charge in [-0.1, -0.05) is 25.5 Å². The Morgan fingerprint density at radius 1 is 1.47 bits per heavy atom. The van der Waals surface area contributed by atoms with Crippen molar-refractivity contribution in [2.75, 3.05) is 7.11 Å². The van der Waals surface area contributed by atoms with Crippen LogP contribution in [-0.4, -0.2) is 7.11 Å². The Labute approximate surface area is 92.8 Å². The maximum absolute atomic E-state index is 5.22. The summed E-state index contributed by atoms with van der Waals surface area (Å²) < 4.78 is 5.22. The lowest BCUT2D eigenvalue weighted by Gasteiger charge is -2.14. The maximum atomic E-state index is 5.22. The van der Waals surface area contributed by atoms with E-state index in [0.29, 0.717) is 0 Å². The quantitative estimate of drug-likeness (QED) is 0.662. The monoisotopic (exact) mass is 203 g/mol. The minimum Gasteiger partial charge on any atom is -0.497 e. The van der Waals surface area contributed by atoms with Crippen molar-refractivity contribution < 1.29 is 4.74 Å². The third kappa shape index (κ3) is 2.85. The van der Waals surface area contributed by atoms with Crippen molar-refractivity contribution >= 4 is 0 Å². The smallest absolute Gasteiger partial charge is 0.119 e. The van der Waals surface area contributed by atoms with Gasteiger partial charge in [0.15, 0.2) is 0 Å². The number of ether oxygens (including phenoxy) is 1. The van der Waals surface area contributed by atoms with E-state index in [1.807, 2.05) is 12.1 Å². The average molecular weight is 203 g/mol. The zero-order chi connectivity index (χ0) is 11.3. The number of methoxy groups -OCH3 is 1. The second kappa shape index (κ2) is 5.59. The van der Waals surface area contributed by atoms with Crippen LogP contribution in [0, 0.1) is 6.92 Å². The molecule has 1 rings (SSSR count). The molecular formula is C14H19O. The lowest BCUT2D eigenvalue weighted by atomic mass is 9.93. The van der Waals surface area contributed by atoms with Crippen LogP contribution >= 0.6 is 0 Å². The normalized spacial score (nSPS) is 12.2. The van der Waals surface area contributed by atoms with E-state index in [1.165, 1.54) is 11.1 Å². The highest BCUT2D eigenvalue weighted by molar-refractivity contribution is 5.40. The summed E-state index contributed by atoms with van der Waals surface area (Å²) in [5.41, 5.74) is 2.57. The third-order valence-corrected chi connectivity index (χ3v) is 2.56. The zero-order valence-electron chi connectivity index (χ0n) is 9.62. The highest BCUT2D eigenvalue weighted by Crippen LogP contribution is 2.26.